The van der Waals surface area contributed by atoms with Crippen molar-refractivity contribution in [2.75, 3.05) is 5.32 Å². The number of rotatable bonds is 5. The molecule has 2 heteroatoms. The van der Waals surface area contributed by atoms with Crippen molar-refractivity contribution in [3.8, 4) is 0 Å². The molecule has 0 saturated heterocycles. The summed E-state index contributed by atoms with van der Waals surface area (Å²) in [4.78, 5) is 0. The molecular weight excluding hydrogens is 278 g/mol. The molecule has 110 valence electrons. The molecule has 1 N–H and O–H groups in total. The number of hydrogen-bond donors (Lipinski definition) is 1. The minimum Gasteiger partial charge on any atom is -0.378 e. The van der Waals surface area contributed by atoms with Gasteiger partial charge >= 0.3 is 0 Å². The molecule has 0 bridgehead atoms. The Labute approximate surface area is 132 Å². The van der Waals surface area contributed by atoms with Gasteiger partial charge in [0.25, 0.3) is 0 Å². The van der Waals surface area contributed by atoms with Crippen LogP contribution in [-0.4, -0.2) is 0 Å². The van der Waals surface area contributed by atoms with Crippen molar-refractivity contribution in [2.45, 2.75) is 38.6 Å². The number of halogens is 1. The van der Waals surface area contributed by atoms with Crippen LogP contribution in [-0.2, 0) is 0 Å². The van der Waals surface area contributed by atoms with E-state index in [4.69, 9.17) is 11.6 Å². The molecule has 1 unspecified atom stereocenters. The first-order chi connectivity index (χ1) is 10.1. The van der Waals surface area contributed by atoms with Crippen molar-refractivity contribution in [3.63, 3.8) is 0 Å². The zero-order valence-corrected chi connectivity index (χ0v) is 13.4. The second kappa shape index (κ2) is 6.11. The Morgan fingerprint density at radius 1 is 1.00 bits per heavy atom. The molecule has 1 saturated carbocycles. The first-order valence-electron chi connectivity index (χ1n) is 7.75. The summed E-state index contributed by atoms with van der Waals surface area (Å²) in [7, 11) is 0. The summed E-state index contributed by atoms with van der Waals surface area (Å²) in [6, 6.07) is 17.4. The fourth-order valence-electron chi connectivity index (χ4n) is 2.74. The van der Waals surface area contributed by atoms with E-state index in [2.05, 4.69) is 55.6 Å². The van der Waals surface area contributed by atoms with Gasteiger partial charge in [-0.05, 0) is 60.1 Å². The molecule has 0 heterocycles. The minimum absolute atomic E-state index is 0.393. The fourth-order valence-corrected chi connectivity index (χ4v) is 2.87. The predicted octanol–water partition coefficient (Wildman–Crippen LogP) is 6.03. The third-order valence-electron chi connectivity index (χ3n) is 4.20. The van der Waals surface area contributed by atoms with Gasteiger partial charge in [0, 0.05) is 10.7 Å². The Balaban J connectivity index is 1.82. The van der Waals surface area contributed by atoms with Crippen LogP contribution in [0, 0.1) is 5.92 Å². The average Bonchev–Trinajstić information content (AvgIpc) is 3.31. The van der Waals surface area contributed by atoms with Crippen LogP contribution in [0.3, 0.4) is 0 Å². The van der Waals surface area contributed by atoms with E-state index in [1.807, 2.05) is 12.1 Å². The van der Waals surface area contributed by atoms with Crippen LogP contribution in [0.5, 0.6) is 0 Å². The SMILES string of the molecule is CC(C)c1cccc(NC(c2ccc(Cl)cc2)C2CC2)c1. The van der Waals surface area contributed by atoms with E-state index in [9.17, 15) is 0 Å². The Morgan fingerprint density at radius 3 is 2.33 bits per heavy atom. The standard InChI is InChI=1S/C19H22ClN/c1-13(2)16-4-3-5-18(12-16)21-19(14-6-7-14)15-8-10-17(20)11-9-15/h3-5,8-14,19,21H,6-7H2,1-2H3. The van der Waals surface area contributed by atoms with Gasteiger partial charge in [-0.2, -0.15) is 0 Å². The van der Waals surface area contributed by atoms with Crippen LogP contribution in [0.25, 0.3) is 0 Å². The summed E-state index contributed by atoms with van der Waals surface area (Å²) >= 11 is 6.01. The van der Waals surface area contributed by atoms with Crippen molar-refractivity contribution in [2.24, 2.45) is 5.92 Å². The number of nitrogens with one attached hydrogen (secondary N) is 1. The van der Waals surface area contributed by atoms with Gasteiger partial charge in [-0.3, -0.25) is 0 Å². The summed E-state index contributed by atoms with van der Waals surface area (Å²) in [5, 5.41) is 4.53. The van der Waals surface area contributed by atoms with Gasteiger partial charge in [0.1, 0.15) is 0 Å². The van der Waals surface area contributed by atoms with E-state index in [0.29, 0.717) is 12.0 Å². The second-order valence-electron chi connectivity index (χ2n) is 6.29. The third kappa shape index (κ3) is 3.59. The van der Waals surface area contributed by atoms with Crippen LogP contribution in [0.1, 0.15) is 49.8 Å². The Morgan fingerprint density at radius 2 is 1.71 bits per heavy atom. The highest BCUT2D eigenvalue weighted by Gasteiger charge is 2.32. The molecule has 1 atom stereocenters. The van der Waals surface area contributed by atoms with Crippen LogP contribution in [0.4, 0.5) is 5.69 Å². The fraction of sp³-hybridized carbons (Fsp3) is 0.368. The van der Waals surface area contributed by atoms with Crippen LogP contribution < -0.4 is 5.32 Å². The quantitative estimate of drug-likeness (QED) is 0.711. The molecule has 1 fully saturated rings. The van der Waals surface area contributed by atoms with Gasteiger partial charge < -0.3 is 5.32 Å². The van der Waals surface area contributed by atoms with Gasteiger partial charge in [0.05, 0.1) is 6.04 Å². The summed E-state index contributed by atoms with van der Waals surface area (Å²) in [6.45, 7) is 4.47. The number of anilines is 1. The Hall–Kier alpha value is -1.47. The summed E-state index contributed by atoms with van der Waals surface area (Å²) in [6.07, 6.45) is 2.62. The normalized spacial score (nSPS) is 16.0. The first-order valence-corrected chi connectivity index (χ1v) is 8.13. The highest BCUT2D eigenvalue weighted by molar-refractivity contribution is 6.30. The summed E-state index contributed by atoms with van der Waals surface area (Å²) < 4.78 is 0. The molecule has 2 aromatic rings. The third-order valence-corrected chi connectivity index (χ3v) is 4.45. The zero-order valence-electron chi connectivity index (χ0n) is 12.6. The smallest absolute Gasteiger partial charge is 0.0542 e. The summed E-state index contributed by atoms with van der Waals surface area (Å²) in [5.74, 6) is 1.30. The Bertz CT molecular complexity index is 599. The van der Waals surface area contributed by atoms with Gasteiger partial charge in [0.2, 0.25) is 0 Å². The minimum atomic E-state index is 0.393. The maximum atomic E-state index is 6.01. The van der Waals surface area contributed by atoms with E-state index in [-0.39, 0.29) is 0 Å². The highest BCUT2D eigenvalue weighted by Crippen LogP contribution is 2.43. The molecule has 0 aliphatic heterocycles. The molecule has 1 aliphatic rings. The van der Waals surface area contributed by atoms with E-state index in [1.165, 1.54) is 29.7 Å². The van der Waals surface area contributed by atoms with Crippen molar-refractivity contribution >= 4 is 17.3 Å². The van der Waals surface area contributed by atoms with Crippen molar-refractivity contribution in [3.05, 3.63) is 64.7 Å². The molecular formula is C19H22ClN. The maximum Gasteiger partial charge on any atom is 0.0542 e. The van der Waals surface area contributed by atoms with Crippen molar-refractivity contribution < 1.29 is 0 Å². The maximum absolute atomic E-state index is 6.01. The number of benzene rings is 2. The summed E-state index contributed by atoms with van der Waals surface area (Å²) in [5.41, 5.74) is 3.93. The zero-order chi connectivity index (χ0) is 14.8. The lowest BCUT2D eigenvalue weighted by Gasteiger charge is -2.21. The lowest BCUT2D eigenvalue weighted by atomic mass is 10.00. The predicted molar refractivity (Wildman–Crippen MR) is 91.1 cm³/mol. The molecule has 1 aliphatic carbocycles. The lowest BCUT2D eigenvalue weighted by Crippen LogP contribution is -2.13. The molecule has 0 radical (unpaired) electrons. The molecule has 1 nitrogen and oxygen atoms in total. The second-order valence-corrected chi connectivity index (χ2v) is 6.73. The Kier molecular flexibility index (Phi) is 4.21. The molecule has 2 aromatic carbocycles. The van der Waals surface area contributed by atoms with Crippen LogP contribution in [0.15, 0.2) is 48.5 Å². The van der Waals surface area contributed by atoms with Crippen LogP contribution in [0.2, 0.25) is 5.02 Å². The molecule has 0 amide bonds. The van der Waals surface area contributed by atoms with E-state index >= 15 is 0 Å². The topological polar surface area (TPSA) is 12.0 Å². The van der Waals surface area contributed by atoms with E-state index in [0.717, 1.165) is 10.9 Å². The van der Waals surface area contributed by atoms with Gasteiger partial charge in [-0.15, -0.1) is 0 Å². The van der Waals surface area contributed by atoms with Gasteiger partial charge in [-0.1, -0.05) is 49.7 Å². The average molecular weight is 300 g/mol. The molecule has 0 spiro atoms. The van der Waals surface area contributed by atoms with E-state index < -0.39 is 0 Å². The van der Waals surface area contributed by atoms with E-state index in [1.54, 1.807) is 0 Å². The van der Waals surface area contributed by atoms with Crippen LogP contribution >= 0.6 is 11.6 Å². The largest absolute Gasteiger partial charge is 0.378 e. The first kappa shape index (κ1) is 14.5. The van der Waals surface area contributed by atoms with Gasteiger partial charge in [0.15, 0.2) is 0 Å². The van der Waals surface area contributed by atoms with Crippen molar-refractivity contribution in [1.29, 1.82) is 0 Å². The highest BCUT2D eigenvalue weighted by atomic mass is 35.5. The lowest BCUT2D eigenvalue weighted by molar-refractivity contribution is 0.678. The number of hydrogen-bond acceptors (Lipinski definition) is 1. The molecule has 3 rings (SSSR count). The molecule has 21 heavy (non-hydrogen) atoms. The van der Waals surface area contributed by atoms with Crippen molar-refractivity contribution in [1.82, 2.24) is 0 Å². The molecule has 0 aromatic heterocycles. The monoisotopic (exact) mass is 299 g/mol. The van der Waals surface area contributed by atoms with Gasteiger partial charge in [-0.25, -0.2) is 0 Å².